The second-order valence-corrected chi connectivity index (χ2v) is 5.25. The molecule has 2 aromatic carbocycles. The largest absolute Gasteiger partial charge is 0.348 e. The fraction of sp³-hybridized carbons (Fsp3) is 0.0714. The van der Waals surface area contributed by atoms with Gasteiger partial charge in [0, 0.05) is 22.2 Å². The van der Waals surface area contributed by atoms with Crippen LogP contribution in [0.4, 0.5) is 5.69 Å². The third-order valence-corrected chi connectivity index (χ3v) is 3.66. The molecule has 6 heteroatoms. The molecule has 0 radical (unpaired) electrons. The van der Waals surface area contributed by atoms with Gasteiger partial charge in [-0.3, -0.25) is 14.9 Å². The van der Waals surface area contributed by atoms with Crippen LogP contribution in [-0.2, 0) is 6.54 Å². The Balaban J connectivity index is 2.00. The number of carbonyl (C=O) groups excluding carboxylic acids is 1. The Labute approximate surface area is 129 Å². The zero-order valence-corrected chi connectivity index (χ0v) is 12.5. The fourth-order valence-corrected chi connectivity index (χ4v) is 2.29. The van der Waals surface area contributed by atoms with Crippen LogP contribution in [0, 0.1) is 13.7 Å². The lowest BCUT2D eigenvalue weighted by molar-refractivity contribution is -0.384. The van der Waals surface area contributed by atoms with Gasteiger partial charge in [0.2, 0.25) is 0 Å². The molecule has 5 nitrogen and oxygen atoms in total. The maximum absolute atomic E-state index is 12.0. The number of hydrogen-bond donors (Lipinski definition) is 1. The highest BCUT2D eigenvalue weighted by Gasteiger charge is 2.09. The molecule has 0 unspecified atom stereocenters. The average molecular weight is 382 g/mol. The van der Waals surface area contributed by atoms with Gasteiger partial charge in [0.1, 0.15) is 0 Å². The van der Waals surface area contributed by atoms with E-state index in [9.17, 15) is 14.9 Å². The molecule has 0 aliphatic heterocycles. The Bertz CT molecular complexity index is 641. The molecule has 0 aliphatic rings. The Morgan fingerprint density at radius 3 is 2.40 bits per heavy atom. The van der Waals surface area contributed by atoms with Crippen LogP contribution in [0.3, 0.4) is 0 Å². The van der Waals surface area contributed by atoms with Crippen LogP contribution in [0.25, 0.3) is 0 Å². The summed E-state index contributed by atoms with van der Waals surface area (Å²) in [7, 11) is 0. The summed E-state index contributed by atoms with van der Waals surface area (Å²) in [5.74, 6) is -0.159. The van der Waals surface area contributed by atoms with E-state index in [1.807, 2.05) is 18.2 Å². The lowest BCUT2D eigenvalue weighted by Crippen LogP contribution is -2.23. The van der Waals surface area contributed by atoms with E-state index in [4.69, 9.17) is 0 Å². The van der Waals surface area contributed by atoms with Crippen LogP contribution in [0.2, 0.25) is 0 Å². The summed E-state index contributed by atoms with van der Waals surface area (Å²) < 4.78 is 0.881. The van der Waals surface area contributed by atoms with Gasteiger partial charge in [-0.2, -0.15) is 0 Å². The van der Waals surface area contributed by atoms with Gasteiger partial charge in [-0.25, -0.2) is 0 Å². The lowest BCUT2D eigenvalue weighted by atomic mass is 10.2. The third-order valence-electron chi connectivity index (χ3n) is 2.72. The fourth-order valence-electron chi connectivity index (χ4n) is 1.66. The minimum absolute atomic E-state index is 0.0395. The lowest BCUT2D eigenvalue weighted by Gasteiger charge is -2.06. The SMILES string of the molecule is O=C(NCc1ccc([N+](=O)[O-])cc1)c1ccccc1I. The average Bonchev–Trinajstić information content (AvgIpc) is 2.45. The van der Waals surface area contributed by atoms with Gasteiger partial charge in [0.15, 0.2) is 0 Å². The van der Waals surface area contributed by atoms with E-state index in [1.165, 1.54) is 12.1 Å². The number of amides is 1. The maximum atomic E-state index is 12.0. The van der Waals surface area contributed by atoms with Crippen molar-refractivity contribution in [3.8, 4) is 0 Å². The molecule has 0 fully saturated rings. The molecule has 0 aliphatic carbocycles. The summed E-state index contributed by atoms with van der Waals surface area (Å²) in [5.41, 5.74) is 1.47. The minimum atomic E-state index is -0.450. The monoisotopic (exact) mass is 382 g/mol. The number of hydrogen-bond acceptors (Lipinski definition) is 3. The number of benzene rings is 2. The third kappa shape index (κ3) is 3.53. The van der Waals surface area contributed by atoms with Crippen molar-refractivity contribution in [2.45, 2.75) is 6.54 Å². The Hall–Kier alpha value is -1.96. The van der Waals surface area contributed by atoms with Crippen LogP contribution in [0.5, 0.6) is 0 Å². The summed E-state index contributed by atoms with van der Waals surface area (Å²) in [6, 6.07) is 13.4. The molecule has 0 saturated carbocycles. The molecule has 0 saturated heterocycles. The summed E-state index contributed by atoms with van der Waals surface area (Å²) in [4.78, 5) is 22.1. The minimum Gasteiger partial charge on any atom is -0.348 e. The highest BCUT2D eigenvalue weighted by atomic mass is 127. The molecular formula is C14H11IN2O3. The van der Waals surface area contributed by atoms with Crippen molar-refractivity contribution in [3.05, 3.63) is 73.3 Å². The van der Waals surface area contributed by atoms with Gasteiger partial charge in [-0.15, -0.1) is 0 Å². The van der Waals surface area contributed by atoms with Gasteiger partial charge in [-0.05, 0) is 40.3 Å². The van der Waals surface area contributed by atoms with E-state index in [2.05, 4.69) is 27.9 Å². The van der Waals surface area contributed by atoms with Crippen molar-refractivity contribution < 1.29 is 9.72 Å². The van der Waals surface area contributed by atoms with Crippen molar-refractivity contribution >= 4 is 34.2 Å². The molecule has 102 valence electrons. The quantitative estimate of drug-likeness (QED) is 0.502. The molecule has 1 N–H and O–H groups in total. The van der Waals surface area contributed by atoms with Crippen LogP contribution in [0.15, 0.2) is 48.5 Å². The van der Waals surface area contributed by atoms with Gasteiger partial charge >= 0.3 is 0 Å². The van der Waals surface area contributed by atoms with E-state index < -0.39 is 4.92 Å². The van der Waals surface area contributed by atoms with E-state index in [0.29, 0.717) is 12.1 Å². The van der Waals surface area contributed by atoms with Gasteiger partial charge in [0.05, 0.1) is 10.5 Å². The molecule has 0 heterocycles. The van der Waals surface area contributed by atoms with Crippen LogP contribution < -0.4 is 5.32 Å². The first-order valence-electron chi connectivity index (χ1n) is 5.84. The summed E-state index contributed by atoms with van der Waals surface area (Å²) >= 11 is 2.11. The number of nitro groups is 1. The van der Waals surface area contributed by atoms with E-state index in [1.54, 1.807) is 18.2 Å². The Morgan fingerprint density at radius 2 is 1.80 bits per heavy atom. The number of non-ortho nitro benzene ring substituents is 1. The number of halogens is 1. The van der Waals surface area contributed by atoms with Crippen LogP contribution in [0.1, 0.15) is 15.9 Å². The summed E-state index contributed by atoms with van der Waals surface area (Å²) in [6.07, 6.45) is 0. The van der Waals surface area contributed by atoms with E-state index in [-0.39, 0.29) is 11.6 Å². The predicted octanol–water partition coefficient (Wildman–Crippen LogP) is 3.13. The molecule has 0 spiro atoms. The maximum Gasteiger partial charge on any atom is 0.269 e. The first kappa shape index (κ1) is 14.4. The van der Waals surface area contributed by atoms with E-state index >= 15 is 0 Å². The van der Waals surface area contributed by atoms with E-state index in [0.717, 1.165) is 9.13 Å². The van der Waals surface area contributed by atoms with Gasteiger partial charge in [0.25, 0.3) is 11.6 Å². The zero-order chi connectivity index (χ0) is 14.5. The summed E-state index contributed by atoms with van der Waals surface area (Å²) in [5, 5.41) is 13.3. The Morgan fingerprint density at radius 1 is 1.15 bits per heavy atom. The molecule has 0 aromatic heterocycles. The second kappa shape index (κ2) is 6.47. The first-order valence-corrected chi connectivity index (χ1v) is 6.92. The summed E-state index contributed by atoms with van der Waals surface area (Å²) in [6.45, 7) is 0.335. The molecule has 2 aromatic rings. The molecule has 0 atom stereocenters. The smallest absolute Gasteiger partial charge is 0.269 e. The zero-order valence-electron chi connectivity index (χ0n) is 10.4. The number of rotatable bonds is 4. The standard InChI is InChI=1S/C14H11IN2O3/c15-13-4-2-1-3-12(13)14(18)16-9-10-5-7-11(8-6-10)17(19)20/h1-8H,9H2,(H,16,18). The van der Waals surface area contributed by atoms with Crippen molar-refractivity contribution in [2.75, 3.05) is 0 Å². The van der Waals surface area contributed by atoms with Crippen LogP contribution in [-0.4, -0.2) is 10.8 Å². The highest BCUT2D eigenvalue weighted by molar-refractivity contribution is 14.1. The van der Waals surface area contributed by atoms with Crippen molar-refractivity contribution in [2.24, 2.45) is 0 Å². The van der Waals surface area contributed by atoms with Gasteiger partial charge in [-0.1, -0.05) is 24.3 Å². The molecule has 20 heavy (non-hydrogen) atoms. The van der Waals surface area contributed by atoms with Crippen molar-refractivity contribution in [3.63, 3.8) is 0 Å². The predicted molar refractivity (Wildman–Crippen MR) is 83.4 cm³/mol. The van der Waals surface area contributed by atoms with Crippen molar-refractivity contribution in [1.82, 2.24) is 5.32 Å². The molecular weight excluding hydrogens is 371 g/mol. The number of nitrogens with one attached hydrogen (secondary N) is 1. The van der Waals surface area contributed by atoms with Gasteiger partial charge < -0.3 is 5.32 Å². The van der Waals surface area contributed by atoms with Crippen molar-refractivity contribution in [1.29, 1.82) is 0 Å². The Kier molecular flexibility index (Phi) is 4.67. The molecule has 1 amide bonds. The normalized spacial score (nSPS) is 10.1. The first-order chi connectivity index (χ1) is 9.58. The number of nitro benzene ring substituents is 1. The topological polar surface area (TPSA) is 72.2 Å². The second-order valence-electron chi connectivity index (χ2n) is 4.09. The number of carbonyl (C=O) groups is 1. The highest BCUT2D eigenvalue weighted by Crippen LogP contribution is 2.13. The molecule has 0 bridgehead atoms. The molecule has 2 rings (SSSR count). The van der Waals surface area contributed by atoms with Crippen LogP contribution >= 0.6 is 22.6 Å². The number of nitrogens with zero attached hydrogens (tertiary/aromatic N) is 1.